The largest absolute Gasteiger partial charge is 0.389 e. The lowest BCUT2D eigenvalue weighted by Gasteiger charge is -2.10. The number of thiocarbonyl (C=S) groups is 1. The zero-order valence-electron chi connectivity index (χ0n) is 10.4. The van der Waals surface area contributed by atoms with E-state index >= 15 is 0 Å². The number of carbonyl (C=O) groups excluding carboxylic acids is 1. The van der Waals surface area contributed by atoms with Crippen LogP contribution in [0.3, 0.4) is 0 Å². The van der Waals surface area contributed by atoms with Gasteiger partial charge in [-0.3, -0.25) is 9.78 Å². The molecule has 1 aromatic carbocycles. The van der Waals surface area contributed by atoms with Crippen molar-refractivity contribution in [2.45, 2.75) is 6.92 Å². The number of carbonyl (C=O) groups is 1. The van der Waals surface area contributed by atoms with Crippen LogP contribution in [0.1, 0.15) is 21.6 Å². The van der Waals surface area contributed by atoms with Crippen LogP contribution in [0.4, 0.5) is 5.69 Å². The maximum Gasteiger partial charge on any atom is 0.274 e. The first kappa shape index (κ1) is 13.2. The van der Waals surface area contributed by atoms with E-state index in [0.29, 0.717) is 16.9 Å². The first-order chi connectivity index (χ1) is 9.09. The highest BCUT2D eigenvalue weighted by molar-refractivity contribution is 7.80. The zero-order valence-corrected chi connectivity index (χ0v) is 11.2. The number of nitrogens with two attached hydrogens (primary N) is 1. The van der Waals surface area contributed by atoms with Gasteiger partial charge in [0.1, 0.15) is 10.7 Å². The summed E-state index contributed by atoms with van der Waals surface area (Å²) in [7, 11) is 0. The Balaban J connectivity index is 2.30. The smallest absolute Gasteiger partial charge is 0.274 e. The molecule has 0 radical (unpaired) electrons. The highest BCUT2D eigenvalue weighted by Crippen LogP contribution is 2.16. The molecule has 0 aliphatic carbocycles. The molecule has 0 atom stereocenters. The maximum absolute atomic E-state index is 12.2. The fraction of sp³-hybridized carbons (Fsp3) is 0.0714. The number of nitrogens with zero attached hydrogens (tertiary/aromatic N) is 1. The molecule has 0 unspecified atom stereocenters. The number of aryl methyl sites for hydroxylation is 1. The van der Waals surface area contributed by atoms with Gasteiger partial charge in [-0.1, -0.05) is 30.4 Å². The molecular formula is C14H13N3OS. The summed E-state index contributed by atoms with van der Waals surface area (Å²) in [5.41, 5.74) is 8.05. The Kier molecular flexibility index (Phi) is 3.87. The molecule has 0 spiro atoms. The number of para-hydroxylation sites is 1. The highest BCUT2D eigenvalue weighted by Gasteiger charge is 2.12. The van der Waals surface area contributed by atoms with E-state index < -0.39 is 0 Å². The second kappa shape index (κ2) is 5.58. The second-order valence-corrected chi connectivity index (χ2v) is 4.47. The lowest BCUT2D eigenvalue weighted by Crippen LogP contribution is -2.19. The summed E-state index contributed by atoms with van der Waals surface area (Å²) < 4.78 is 0. The Labute approximate surface area is 116 Å². The number of benzene rings is 1. The van der Waals surface area contributed by atoms with Crippen LogP contribution in [0.2, 0.25) is 0 Å². The molecule has 1 aromatic heterocycles. The van der Waals surface area contributed by atoms with E-state index in [0.717, 1.165) is 5.56 Å². The summed E-state index contributed by atoms with van der Waals surface area (Å²) in [6.07, 6.45) is 1.58. The van der Waals surface area contributed by atoms with Crippen LogP contribution in [0.15, 0.2) is 42.6 Å². The van der Waals surface area contributed by atoms with Gasteiger partial charge in [0.25, 0.3) is 5.91 Å². The van der Waals surface area contributed by atoms with Crippen LogP contribution >= 0.6 is 12.2 Å². The lowest BCUT2D eigenvalue weighted by atomic mass is 10.1. The van der Waals surface area contributed by atoms with Crippen molar-refractivity contribution < 1.29 is 4.79 Å². The number of pyridine rings is 1. The number of hydrogen-bond acceptors (Lipinski definition) is 3. The van der Waals surface area contributed by atoms with Gasteiger partial charge in [-0.15, -0.1) is 0 Å². The van der Waals surface area contributed by atoms with Gasteiger partial charge in [0.15, 0.2) is 0 Å². The van der Waals surface area contributed by atoms with Crippen LogP contribution in [-0.4, -0.2) is 15.9 Å². The molecule has 0 saturated carbocycles. The molecule has 2 aromatic rings. The number of amides is 1. The molecular weight excluding hydrogens is 258 g/mol. The fourth-order valence-corrected chi connectivity index (χ4v) is 1.89. The highest BCUT2D eigenvalue weighted by atomic mass is 32.1. The number of nitrogens with one attached hydrogen (secondary N) is 1. The Bertz CT molecular complexity index is 640. The number of anilines is 1. The van der Waals surface area contributed by atoms with E-state index in [9.17, 15) is 4.79 Å². The van der Waals surface area contributed by atoms with E-state index in [-0.39, 0.29) is 10.9 Å². The molecule has 0 bridgehead atoms. The normalized spacial score (nSPS) is 9.95. The molecule has 1 amide bonds. The molecule has 0 fully saturated rings. The van der Waals surface area contributed by atoms with Gasteiger partial charge in [0.2, 0.25) is 0 Å². The van der Waals surface area contributed by atoms with Gasteiger partial charge < -0.3 is 11.1 Å². The van der Waals surface area contributed by atoms with E-state index in [1.807, 2.05) is 25.1 Å². The van der Waals surface area contributed by atoms with Crippen molar-refractivity contribution in [1.82, 2.24) is 4.98 Å². The van der Waals surface area contributed by atoms with E-state index in [1.165, 1.54) is 0 Å². The first-order valence-corrected chi connectivity index (χ1v) is 6.12. The molecule has 96 valence electrons. The average Bonchev–Trinajstić information content (AvgIpc) is 2.39. The topological polar surface area (TPSA) is 68.0 Å². The predicted molar refractivity (Wildman–Crippen MR) is 79.3 cm³/mol. The van der Waals surface area contributed by atoms with Crippen molar-refractivity contribution in [2.75, 3.05) is 5.32 Å². The van der Waals surface area contributed by atoms with Crippen LogP contribution < -0.4 is 11.1 Å². The third-order valence-corrected chi connectivity index (χ3v) is 2.89. The summed E-state index contributed by atoms with van der Waals surface area (Å²) in [5, 5.41) is 2.78. The average molecular weight is 271 g/mol. The molecule has 0 saturated heterocycles. The molecule has 4 nitrogen and oxygen atoms in total. The SMILES string of the molecule is Cc1cccnc1C(=O)Nc1ccccc1C(N)=S. The summed E-state index contributed by atoms with van der Waals surface area (Å²) in [6, 6.07) is 10.8. The van der Waals surface area contributed by atoms with Gasteiger partial charge in [-0.05, 0) is 30.7 Å². The minimum absolute atomic E-state index is 0.244. The second-order valence-electron chi connectivity index (χ2n) is 4.03. The van der Waals surface area contributed by atoms with E-state index in [2.05, 4.69) is 10.3 Å². The minimum atomic E-state index is -0.276. The van der Waals surface area contributed by atoms with Crippen molar-refractivity contribution in [3.05, 3.63) is 59.4 Å². The molecule has 19 heavy (non-hydrogen) atoms. The van der Waals surface area contributed by atoms with Crippen LogP contribution in [0.5, 0.6) is 0 Å². The summed E-state index contributed by atoms with van der Waals surface area (Å²) in [6.45, 7) is 1.83. The molecule has 0 aliphatic heterocycles. The Morgan fingerprint density at radius 2 is 2.00 bits per heavy atom. The number of rotatable bonds is 3. The van der Waals surface area contributed by atoms with E-state index in [4.69, 9.17) is 18.0 Å². The summed E-state index contributed by atoms with van der Waals surface area (Å²) in [5.74, 6) is -0.276. The van der Waals surface area contributed by atoms with Crippen LogP contribution in [0, 0.1) is 6.92 Å². The lowest BCUT2D eigenvalue weighted by molar-refractivity contribution is 0.102. The molecule has 2 rings (SSSR count). The van der Waals surface area contributed by atoms with Crippen molar-refractivity contribution in [1.29, 1.82) is 0 Å². The van der Waals surface area contributed by atoms with Gasteiger partial charge in [0, 0.05) is 11.8 Å². The van der Waals surface area contributed by atoms with Gasteiger partial charge in [-0.2, -0.15) is 0 Å². The fourth-order valence-electron chi connectivity index (χ4n) is 1.71. The molecule has 1 heterocycles. The van der Waals surface area contributed by atoms with Gasteiger partial charge in [0.05, 0.1) is 5.69 Å². The Morgan fingerprint density at radius 3 is 2.68 bits per heavy atom. The van der Waals surface area contributed by atoms with Gasteiger partial charge in [-0.25, -0.2) is 0 Å². The third-order valence-electron chi connectivity index (χ3n) is 2.67. The van der Waals surface area contributed by atoms with Crippen molar-refractivity contribution >= 4 is 28.8 Å². The summed E-state index contributed by atoms with van der Waals surface area (Å²) in [4.78, 5) is 16.5. The standard InChI is InChI=1S/C14H13N3OS/c1-9-5-4-8-16-12(9)14(18)17-11-7-3-2-6-10(11)13(15)19/h2-8H,1H3,(H2,15,19)(H,17,18). The van der Waals surface area contributed by atoms with Crippen molar-refractivity contribution in [3.63, 3.8) is 0 Å². The van der Waals surface area contributed by atoms with Crippen LogP contribution in [0.25, 0.3) is 0 Å². The van der Waals surface area contributed by atoms with Crippen LogP contribution in [-0.2, 0) is 0 Å². The Morgan fingerprint density at radius 1 is 1.26 bits per heavy atom. The maximum atomic E-state index is 12.2. The monoisotopic (exact) mass is 271 g/mol. The first-order valence-electron chi connectivity index (χ1n) is 5.71. The summed E-state index contributed by atoms with van der Waals surface area (Å²) >= 11 is 4.96. The van der Waals surface area contributed by atoms with Crippen molar-refractivity contribution in [3.8, 4) is 0 Å². The van der Waals surface area contributed by atoms with E-state index in [1.54, 1.807) is 24.4 Å². The predicted octanol–water partition coefficient (Wildman–Crippen LogP) is 2.28. The molecule has 0 aliphatic rings. The molecule has 3 N–H and O–H groups in total. The number of aromatic nitrogens is 1. The Hall–Kier alpha value is -2.27. The minimum Gasteiger partial charge on any atom is -0.389 e. The third kappa shape index (κ3) is 2.95. The zero-order chi connectivity index (χ0) is 13.8. The molecule has 5 heteroatoms. The quantitative estimate of drug-likeness (QED) is 0.840. The van der Waals surface area contributed by atoms with Gasteiger partial charge >= 0.3 is 0 Å². The van der Waals surface area contributed by atoms with Crippen molar-refractivity contribution in [2.24, 2.45) is 5.73 Å². The number of hydrogen-bond donors (Lipinski definition) is 2.